The highest BCUT2D eigenvalue weighted by Crippen LogP contribution is 2.37. The molecule has 2 rings (SSSR count). The molecule has 4 heteroatoms. The van der Waals surface area contributed by atoms with Crippen molar-refractivity contribution in [2.24, 2.45) is 0 Å². The number of halogens is 1. The van der Waals surface area contributed by atoms with Gasteiger partial charge in [-0.25, -0.2) is 0 Å². The molecule has 94 valence electrons. The average molecular weight is 316 g/mol. The average Bonchev–Trinajstić information content (AvgIpc) is 2.72. The van der Waals surface area contributed by atoms with Gasteiger partial charge in [-0.3, -0.25) is 0 Å². The third kappa shape index (κ3) is 3.39. The number of thioether (sulfide) groups is 1. The number of para-hydroxylation sites is 1. The maximum Gasteiger partial charge on any atom is 0.134 e. The molecule has 1 atom stereocenters. The number of benzene rings is 1. The normalized spacial score (nSPS) is 24.1. The van der Waals surface area contributed by atoms with Gasteiger partial charge in [0.15, 0.2) is 0 Å². The van der Waals surface area contributed by atoms with Crippen LogP contribution in [-0.4, -0.2) is 22.2 Å². The first-order valence-electron chi connectivity index (χ1n) is 5.92. The van der Waals surface area contributed by atoms with E-state index in [1.807, 2.05) is 18.2 Å². The van der Waals surface area contributed by atoms with Crippen molar-refractivity contribution in [3.05, 3.63) is 28.2 Å². The highest BCUT2D eigenvalue weighted by Gasteiger charge is 2.28. The van der Waals surface area contributed by atoms with Crippen LogP contribution in [0.1, 0.15) is 25.3 Å². The fraction of sp³-hybridized carbons (Fsp3) is 0.538. The van der Waals surface area contributed by atoms with Crippen LogP contribution in [0.2, 0.25) is 0 Å². The van der Waals surface area contributed by atoms with E-state index in [-0.39, 0.29) is 0 Å². The summed E-state index contributed by atoms with van der Waals surface area (Å²) in [6.45, 7) is 4.05. The molecule has 0 aliphatic carbocycles. The van der Waals surface area contributed by atoms with Crippen LogP contribution in [0.15, 0.2) is 22.7 Å². The number of hydrogen-bond donors (Lipinski definition) is 2. The van der Waals surface area contributed by atoms with E-state index in [1.165, 1.54) is 18.6 Å². The summed E-state index contributed by atoms with van der Waals surface area (Å²) in [5, 5.41) is 13.3. The molecule has 1 unspecified atom stereocenters. The smallest absolute Gasteiger partial charge is 0.134 e. The lowest BCUT2D eigenvalue weighted by molar-refractivity contribution is 0.457. The highest BCUT2D eigenvalue weighted by atomic mass is 79.9. The highest BCUT2D eigenvalue weighted by molar-refractivity contribution is 9.10. The molecule has 2 nitrogen and oxygen atoms in total. The first-order valence-corrected chi connectivity index (χ1v) is 7.70. The number of nitrogens with one attached hydrogen (secondary N) is 1. The van der Waals surface area contributed by atoms with Crippen molar-refractivity contribution in [1.29, 1.82) is 0 Å². The molecule has 0 amide bonds. The zero-order valence-corrected chi connectivity index (χ0v) is 12.4. The maximum absolute atomic E-state index is 9.86. The molecular formula is C13H18BrNOS. The number of phenols is 1. The molecule has 1 aliphatic heterocycles. The van der Waals surface area contributed by atoms with Gasteiger partial charge in [0.25, 0.3) is 0 Å². The zero-order valence-electron chi connectivity index (χ0n) is 10.0. The molecule has 1 fully saturated rings. The van der Waals surface area contributed by atoms with Gasteiger partial charge >= 0.3 is 0 Å². The van der Waals surface area contributed by atoms with Gasteiger partial charge in [-0.1, -0.05) is 12.1 Å². The second-order valence-electron chi connectivity index (χ2n) is 4.75. The summed E-state index contributed by atoms with van der Waals surface area (Å²) in [5.41, 5.74) is 0.950. The molecule has 1 aliphatic rings. The van der Waals surface area contributed by atoms with Crippen molar-refractivity contribution in [1.82, 2.24) is 5.32 Å². The van der Waals surface area contributed by atoms with Gasteiger partial charge in [0, 0.05) is 23.4 Å². The molecule has 17 heavy (non-hydrogen) atoms. The Hall–Kier alpha value is -0.190. The summed E-state index contributed by atoms with van der Waals surface area (Å²) in [5.74, 6) is 1.63. The minimum atomic E-state index is 0.351. The van der Waals surface area contributed by atoms with Crippen molar-refractivity contribution in [2.75, 3.05) is 12.3 Å². The first kappa shape index (κ1) is 13.2. The summed E-state index contributed by atoms with van der Waals surface area (Å²) in [6, 6.07) is 5.76. The lowest BCUT2D eigenvalue weighted by Gasteiger charge is -2.23. The second-order valence-corrected chi connectivity index (χ2v) is 7.29. The molecule has 0 bridgehead atoms. The van der Waals surface area contributed by atoms with Crippen molar-refractivity contribution in [3.63, 3.8) is 0 Å². The molecule has 0 aromatic heterocycles. The van der Waals surface area contributed by atoms with E-state index in [0.717, 1.165) is 23.1 Å². The molecule has 1 saturated heterocycles. The SMILES string of the molecule is CC1(CNCc2cccc(Br)c2O)CCCS1. The summed E-state index contributed by atoms with van der Waals surface area (Å²) >= 11 is 5.39. The Labute approximate surface area is 115 Å². The monoisotopic (exact) mass is 315 g/mol. The molecule has 0 radical (unpaired) electrons. The Morgan fingerprint density at radius 1 is 1.53 bits per heavy atom. The van der Waals surface area contributed by atoms with Gasteiger partial charge in [-0.05, 0) is 47.5 Å². The van der Waals surface area contributed by atoms with Crippen LogP contribution >= 0.6 is 27.7 Å². The van der Waals surface area contributed by atoms with Gasteiger partial charge in [0.1, 0.15) is 5.75 Å². The predicted molar refractivity (Wildman–Crippen MR) is 77.6 cm³/mol. The van der Waals surface area contributed by atoms with E-state index >= 15 is 0 Å². The van der Waals surface area contributed by atoms with Gasteiger partial charge in [-0.15, -0.1) is 0 Å². The van der Waals surface area contributed by atoms with Crippen molar-refractivity contribution in [3.8, 4) is 5.75 Å². The fourth-order valence-corrected chi connectivity index (χ4v) is 3.82. The van der Waals surface area contributed by atoms with Crippen molar-refractivity contribution >= 4 is 27.7 Å². The van der Waals surface area contributed by atoms with Crippen LogP contribution < -0.4 is 5.32 Å². The Bertz CT molecular complexity index is 391. The van der Waals surface area contributed by atoms with E-state index in [2.05, 4.69) is 39.9 Å². The number of rotatable bonds is 4. The van der Waals surface area contributed by atoms with E-state index < -0.39 is 0 Å². The third-order valence-electron chi connectivity index (χ3n) is 3.19. The number of phenolic OH excluding ortho intramolecular Hbond substituents is 1. The maximum atomic E-state index is 9.86. The van der Waals surface area contributed by atoms with Gasteiger partial charge in [-0.2, -0.15) is 11.8 Å². The molecule has 1 heterocycles. The first-order chi connectivity index (χ1) is 8.11. The van der Waals surface area contributed by atoms with Crippen LogP contribution in [-0.2, 0) is 6.54 Å². The number of hydrogen-bond acceptors (Lipinski definition) is 3. The van der Waals surface area contributed by atoms with Crippen LogP contribution in [0.4, 0.5) is 0 Å². The molecule has 1 aromatic rings. The summed E-state index contributed by atoms with van der Waals surface area (Å²) < 4.78 is 1.14. The van der Waals surface area contributed by atoms with Gasteiger partial charge < -0.3 is 10.4 Å². The van der Waals surface area contributed by atoms with Crippen LogP contribution in [0.5, 0.6) is 5.75 Å². The van der Waals surface area contributed by atoms with E-state index in [1.54, 1.807) is 0 Å². The van der Waals surface area contributed by atoms with Gasteiger partial charge in [0.05, 0.1) is 4.47 Å². The predicted octanol–water partition coefficient (Wildman–Crippen LogP) is 3.53. The molecule has 0 saturated carbocycles. The minimum absolute atomic E-state index is 0.351. The van der Waals surface area contributed by atoms with E-state index in [0.29, 0.717) is 10.5 Å². The lowest BCUT2D eigenvalue weighted by atomic mass is 10.1. The third-order valence-corrected chi connectivity index (χ3v) is 5.36. The summed E-state index contributed by atoms with van der Waals surface area (Å²) in [7, 11) is 0. The van der Waals surface area contributed by atoms with Crippen LogP contribution in [0.3, 0.4) is 0 Å². The Kier molecular flexibility index (Phi) is 4.39. The van der Waals surface area contributed by atoms with E-state index in [4.69, 9.17) is 0 Å². The topological polar surface area (TPSA) is 32.3 Å². The van der Waals surface area contributed by atoms with Crippen LogP contribution in [0, 0.1) is 0 Å². The van der Waals surface area contributed by atoms with Gasteiger partial charge in [0.2, 0.25) is 0 Å². The lowest BCUT2D eigenvalue weighted by Crippen LogP contribution is -2.32. The van der Waals surface area contributed by atoms with Crippen molar-refractivity contribution < 1.29 is 5.11 Å². The summed E-state index contributed by atoms with van der Waals surface area (Å²) in [4.78, 5) is 0. The second kappa shape index (κ2) is 5.63. The standard InChI is InChI=1S/C13H18BrNOS/c1-13(6-3-7-17-13)9-15-8-10-4-2-5-11(14)12(10)16/h2,4-5,15-16H,3,6-9H2,1H3. The Balaban J connectivity index is 1.88. The zero-order chi connectivity index (χ0) is 12.3. The van der Waals surface area contributed by atoms with Crippen molar-refractivity contribution in [2.45, 2.75) is 31.1 Å². The largest absolute Gasteiger partial charge is 0.506 e. The molecule has 1 aromatic carbocycles. The van der Waals surface area contributed by atoms with E-state index in [9.17, 15) is 5.11 Å². The summed E-state index contributed by atoms with van der Waals surface area (Å²) in [6.07, 6.45) is 2.61. The Morgan fingerprint density at radius 3 is 3.06 bits per heavy atom. The Morgan fingerprint density at radius 2 is 2.35 bits per heavy atom. The quantitative estimate of drug-likeness (QED) is 0.891. The minimum Gasteiger partial charge on any atom is -0.506 e. The molecule has 0 spiro atoms. The molecule has 2 N–H and O–H groups in total. The number of aromatic hydroxyl groups is 1. The van der Waals surface area contributed by atoms with Crippen LogP contribution in [0.25, 0.3) is 0 Å². The fourth-order valence-electron chi connectivity index (χ4n) is 2.14. The molecular weight excluding hydrogens is 298 g/mol.